The first-order valence-electron chi connectivity index (χ1n) is 5.51. The van der Waals surface area contributed by atoms with E-state index in [0.717, 1.165) is 25.8 Å². The predicted molar refractivity (Wildman–Crippen MR) is 60.8 cm³/mol. The molecular weight excluding hydrogens is 208 g/mol. The largest absolute Gasteiger partial charge is 0.356 e. The first-order chi connectivity index (χ1) is 7.36. The Hall–Kier alpha value is -0.900. The van der Waals surface area contributed by atoms with Gasteiger partial charge in [-0.2, -0.15) is 0 Å². The van der Waals surface area contributed by atoms with Gasteiger partial charge in [-0.15, -0.1) is 11.3 Å². The molecule has 4 heteroatoms. The molecule has 0 unspecified atom stereocenters. The van der Waals surface area contributed by atoms with E-state index in [1.54, 1.807) is 11.3 Å². The number of hydrogen-bond acceptors (Lipinski definition) is 3. The normalized spacial score (nSPS) is 16.8. The van der Waals surface area contributed by atoms with Crippen molar-refractivity contribution in [3.8, 4) is 0 Å². The smallest absolute Gasteiger partial charge is 0.223 e. The Morgan fingerprint density at radius 2 is 2.33 bits per heavy atom. The van der Waals surface area contributed by atoms with Gasteiger partial charge in [0.1, 0.15) is 0 Å². The molecule has 0 saturated heterocycles. The fraction of sp³-hybridized carbons (Fsp3) is 0.636. The highest BCUT2D eigenvalue weighted by Crippen LogP contribution is 2.24. The molecule has 0 aliphatic heterocycles. The molecule has 0 bridgehead atoms. The zero-order valence-electron chi connectivity index (χ0n) is 8.74. The Balaban J connectivity index is 1.67. The molecule has 1 heterocycles. The van der Waals surface area contributed by atoms with Gasteiger partial charge in [-0.25, -0.2) is 0 Å². The Morgan fingerprint density at radius 3 is 3.00 bits per heavy atom. The van der Waals surface area contributed by atoms with Gasteiger partial charge in [-0.05, 0) is 12.8 Å². The maximum atomic E-state index is 11.7. The van der Waals surface area contributed by atoms with Crippen molar-refractivity contribution in [2.75, 3.05) is 6.54 Å². The summed E-state index contributed by atoms with van der Waals surface area (Å²) in [6, 6.07) is 0. The molecule has 1 aromatic rings. The maximum absolute atomic E-state index is 11.7. The Labute approximate surface area is 93.9 Å². The number of carbonyl (C=O) groups excluding carboxylic acids is 1. The minimum absolute atomic E-state index is 0.247. The fourth-order valence-electron chi connectivity index (χ4n) is 2.01. The molecule has 0 aromatic carbocycles. The molecule has 1 amide bonds. The quantitative estimate of drug-likeness (QED) is 0.850. The van der Waals surface area contributed by atoms with E-state index >= 15 is 0 Å². The highest BCUT2D eigenvalue weighted by atomic mass is 32.1. The van der Waals surface area contributed by atoms with Crippen LogP contribution in [0, 0.1) is 5.92 Å². The van der Waals surface area contributed by atoms with Crippen molar-refractivity contribution < 1.29 is 4.79 Å². The van der Waals surface area contributed by atoms with E-state index < -0.39 is 0 Å². The number of carbonyl (C=O) groups is 1. The number of hydrogen-bond donors (Lipinski definition) is 1. The molecule has 0 atom stereocenters. The predicted octanol–water partition coefficient (Wildman–Crippen LogP) is 1.99. The van der Waals surface area contributed by atoms with Crippen LogP contribution >= 0.6 is 11.3 Å². The molecule has 1 aliphatic rings. The molecule has 0 spiro atoms. The third-order valence-electron chi connectivity index (χ3n) is 2.88. The zero-order chi connectivity index (χ0) is 10.5. The van der Waals surface area contributed by atoms with Crippen molar-refractivity contribution in [1.29, 1.82) is 0 Å². The Bertz CT molecular complexity index is 304. The monoisotopic (exact) mass is 224 g/mol. The summed E-state index contributed by atoms with van der Waals surface area (Å²) in [5, 5.41) is 3.00. The first kappa shape index (κ1) is 10.6. The molecule has 3 nitrogen and oxygen atoms in total. The second-order valence-electron chi connectivity index (χ2n) is 3.99. The van der Waals surface area contributed by atoms with Gasteiger partial charge in [0.25, 0.3) is 0 Å². The van der Waals surface area contributed by atoms with Crippen molar-refractivity contribution in [2.45, 2.75) is 32.1 Å². The highest BCUT2D eigenvalue weighted by Gasteiger charge is 2.21. The molecule has 0 radical (unpaired) electrons. The molecule has 2 rings (SSSR count). The second-order valence-corrected chi connectivity index (χ2v) is 4.96. The Morgan fingerprint density at radius 1 is 1.53 bits per heavy atom. The van der Waals surface area contributed by atoms with Crippen LogP contribution in [0.1, 0.15) is 30.6 Å². The van der Waals surface area contributed by atoms with E-state index in [9.17, 15) is 4.79 Å². The average molecular weight is 224 g/mol. The van der Waals surface area contributed by atoms with Gasteiger partial charge in [0.05, 0.1) is 5.51 Å². The first-order valence-corrected chi connectivity index (χ1v) is 6.39. The topological polar surface area (TPSA) is 42.0 Å². The van der Waals surface area contributed by atoms with E-state index in [2.05, 4.69) is 10.3 Å². The molecule has 1 N–H and O–H groups in total. The van der Waals surface area contributed by atoms with Crippen molar-refractivity contribution in [2.24, 2.45) is 5.92 Å². The average Bonchev–Trinajstić information content (AvgIpc) is 2.90. The van der Waals surface area contributed by atoms with Gasteiger partial charge in [-0.1, -0.05) is 12.8 Å². The SMILES string of the molecule is O=C(NCCc1cncs1)C1CCCC1. The van der Waals surface area contributed by atoms with Crippen LogP contribution in [-0.2, 0) is 11.2 Å². The fourth-order valence-corrected chi connectivity index (χ4v) is 2.61. The summed E-state index contributed by atoms with van der Waals surface area (Å²) in [5.41, 5.74) is 1.83. The minimum Gasteiger partial charge on any atom is -0.356 e. The second kappa shape index (κ2) is 5.26. The number of amides is 1. The van der Waals surface area contributed by atoms with Crippen LogP contribution in [0.4, 0.5) is 0 Å². The lowest BCUT2D eigenvalue weighted by Gasteiger charge is -2.09. The minimum atomic E-state index is 0.247. The maximum Gasteiger partial charge on any atom is 0.223 e. The molecule has 1 saturated carbocycles. The standard InChI is InChI=1S/C11H16N2OS/c14-11(9-3-1-2-4-9)13-6-5-10-7-12-8-15-10/h7-9H,1-6H2,(H,13,14). The summed E-state index contributed by atoms with van der Waals surface area (Å²) in [7, 11) is 0. The van der Waals surface area contributed by atoms with E-state index in [0.29, 0.717) is 0 Å². The molecule has 1 aliphatic carbocycles. The summed E-state index contributed by atoms with van der Waals surface area (Å²) in [6.07, 6.45) is 7.36. The van der Waals surface area contributed by atoms with Gasteiger partial charge in [-0.3, -0.25) is 9.78 Å². The van der Waals surface area contributed by atoms with Crippen molar-refractivity contribution in [3.63, 3.8) is 0 Å². The van der Waals surface area contributed by atoms with Gasteiger partial charge in [0.2, 0.25) is 5.91 Å². The summed E-state index contributed by atoms with van der Waals surface area (Å²) in [4.78, 5) is 16.9. The van der Waals surface area contributed by atoms with E-state index in [4.69, 9.17) is 0 Å². The lowest BCUT2D eigenvalue weighted by Crippen LogP contribution is -2.30. The Kier molecular flexibility index (Phi) is 3.72. The van der Waals surface area contributed by atoms with E-state index in [-0.39, 0.29) is 11.8 Å². The van der Waals surface area contributed by atoms with Crippen LogP contribution in [0.5, 0.6) is 0 Å². The lowest BCUT2D eigenvalue weighted by atomic mass is 10.1. The third kappa shape index (κ3) is 3.02. The van der Waals surface area contributed by atoms with Crippen LogP contribution in [0.15, 0.2) is 11.7 Å². The molecule has 15 heavy (non-hydrogen) atoms. The van der Waals surface area contributed by atoms with Crippen LogP contribution < -0.4 is 5.32 Å². The van der Waals surface area contributed by atoms with Gasteiger partial charge >= 0.3 is 0 Å². The van der Waals surface area contributed by atoms with Crippen LogP contribution in [0.25, 0.3) is 0 Å². The van der Waals surface area contributed by atoms with Crippen molar-refractivity contribution in [1.82, 2.24) is 10.3 Å². The van der Waals surface area contributed by atoms with Gasteiger partial charge in [0.15, 0.2) is 0 Å². The number of aromatic nitrogens is 1. The molecule has 82 valence electrons. The van der Waals surface area contributed by atoms with Crippen molar-refractivity contribution >= 4 is 17.2 Å². The van der Waals surface area contributed by atoms with Crippen LogP contribution in [0.3, 0.4) is 0 Å². The number of rotatable bonds is 4. The summed E-state index contributed by atoms with van der Waals surface area (Å²) >= 11 is 1.64. The molecule has 1 fully saturated rings. The lowest BCUT2D eigenvalue weighted by molar-refractivity contribution is -0.124. The van der Waals surface area contributed by atoms with Crippen LogP contribution in [-0.4, -0.2) is 17.4 Å². The number of nitrogens with zero attached hydrogens (tertiary/aromatic N) is 1. The number of thiazole rings is 1. The van der Waals surface area contributed by atoms with E-state index in [1.165, 1.54) is 17.7 Å². The molecule has 1 aromatic heterocycles. The summed E-state index contributed by atoms with van der Waals surface area (Å²) in [6.45, 7) is 0.748. The summed E-state index contributed by atoms with van der Waals surface area (Å²) < 4.78 is 0. The third-order valence-corrected chi connectivity index (χ3v) is 3.72. The highest BCUT2D eigenvalue weighted by molar-refractivity contribution is 7.09. The zero-order valence-corrected chi connectivity index (χ0v) is 9.55. The molecular formula is C11H16N2OS. The number of nitrogens with one attached hydrogen (secondary N) is 1. The van der Waals surface area contributed by atoms with Gasteiger partial charge < -0.3 is 5.32 Å². The van der Waals surface area contributed by atoms with Crippen LogP contribution in [0.2, 0.25) is 0 Å². The van der Waals surface area contributed by atoms with Gasteiger partial charge in [0, 0.05) is 30.0 Å². The summed E-state index contributed by atoms with van der Waals surface area (Å²) in [5.74, 6) is 0.531. The van der Waals surface area contributed by atoms with Crippen molar-refractivity contribution in [3.05, 3.63) is 16.6 Å². The van der Waals surface area contributed by atoms with E-state index in [1.807, 2.05) is 11.7 Å².